The van der Waals surface area contributed by atoms with Crippen LogP contribution in [0, 0.1) is 0 Å². The Bertz CT molecular complexity index is 246. The molecule has 0 aliphatic carbocycles. The van der Waals surface area contributed by atoms with Crippen LogP contribution < -0.4 is 5.73 Å². The van der Waals surface area contributed by atoms with Crippen molar-refractivity contribution in [1.82, 2.24) is 0 Å². The number of carbonyl (C=O) groups is 2. The van der Waals surface area contributed by atoms with E-state index in [1.807, 2.05) is 13.1 Å². The lowest BCUT2D eigenvalue weighted by Crippen LogP contribution is -2.47. The van der Waals surface area contributed by atoms with Gasteiger partial charge in [-0.05, 0) is 18.1 Å². The molecule has 0 radical (unpaired) electrons. The highest BCUT2D eigenvalue weighted by atomic mass is 28.4. The lowest BCUT2D eigenvalue weighted by atomic mass is 10.2. The number of hydrogen-bond acceptors (Lipinski definition) is 3. The summed E-state index contributed by atoms with van der Waals surface area (Å²) in [6, 6.07) is 0. The summed E-state index contributed by atoms with van der Waals surface area (Å²) in [5, 5.41) is 0.00356. The molecular formula is C10H21NO3Si. The van der Waals surface area contributed by atoms with Crippen LogP contribution in [0.1, 0.15) is 27.2 Å². The van der Waals surface area contributed by atoms with Crippen LogP contribution >= 0.6 is 0 Å². The standard InChI is InChI=1S/C10H21NO3Si/c1-10(2,3)15(4,5)14-8(6-7-12)9(11)13/h7-8H,6H2,1-5H3,(H2,11,13)/t8-/m0/s1. The highest BCUT2D eigenvalue weighted by Gasteiger charge is 2.40. The van der Waals surface area contributed by atoms with E-state index in [-0.39, 0.29) is 11.5 Å². The van der Waals surface area contributed by atoms with Crippen LogP contribution in [-0.4, -0.2) is 26.6 Å². The number of nitrogens with two attached hydrogens (primary N) is 1. The van der Waals surface area contributed by atoms with Crippen molar-refractivity contribution in [1.29, 1.82) is 0 Å². The molecule has 0 unspecified atom stereocenters. The summed E-state index contributed by atoms with van der Waals surface area (Å²) in [6.45, 7) is 10.2. The first kappa shape index (κ1) is 14.3. The van der Waals surface area contributed by atoms with Crippen molar-refractivity contribution in [2.75, 3.05) is 0 Å². The van der Waals surface area contributed by atoms with E-state index in [4.69, 9.17) is 10.2 Å². The lowest BCUT2D eigenvalue weighted by Gasteiger charge is -2.38. The van der Waals surface area contributed by atoms with Crippen molar-refractivity contribution < 1.29 is 14.0 Å². The van der Waals surface area contributed by atoms with Crippen LogP contribution in [0.15, 0.2) is 0 Å². The van der Waals surface area contributed by atoms with Crippen molar-refractivity contribution >= 4 is 20.5 Å². The van der Waals surface area contributed by atoms with Gasteiger partial charge in [-0.25, -0.2) is 0 Å². The van der Waals surface area contributed by atoms with E-state index in [2.05, 4.69) is 20.8 Å². The van der Waals surface area contributed by atoms with Crippen LogP contribution in [0.4, 0.5) is 0 Å². The second-order valence-corrected chi connectivity index (χ2v) is 9.93. The van der Waals surface area contributed by atoms with Gasteiger partial charge in [-0.2, -0.15) is 0 Å². The highest BCUT2D eigenvalue weighted by molar-refractivity contribution is 6.74. The van der Waals surface area contributed by atoms with Gasteiger partial charge >= 0.3 is 0 Å². The fourth-order valence-electron chi connectivity index (χ4n) is 0.842. The fourth-order valence-corrected chi connectivity index (χ4v) is 2.12. The van der Waals surface area contributed by atoms with Gasteiger partial charge in [0, 0.05) is 6.42 Å². The number of primary amides is 1. The summed E-state index contributed by atoms with van der Waals surface area (Å²) >= 11 is 0. The second-order valence-electron chi connectivity index (χ2n) is 5.17. The topological polar surface area (TPSA) is 69.4 Å². The molecule has 15 heavy (non-hydrogen) atoms. The van der Waals surface area contributed by atoms with Crippen LogP contribution in [0.5, 0.6) is 0 Å². The first-order valence-corrected chi connectivity index (χ1v) is 7.93. The number of aldehydes is 1. The molecule has 0 aromatic rings. The molecule has 0 heterocycles. The van der Waals surface area contributed by atoms with Crippen molar-refractivity contribution in [2.45, 2.75) is 51.4 Å². The number of carbonyl (C=O) groups excluding carboxylic acids is 2. The van der Waals surface area contributed by atoms with E-state index >= 15 is 0 Å². The Labute approximate surface area is 92.3 Å². The Morgan fingerprint density at radius 2 is 1.93 bits per heavy atom. The van der Waals surface area contributed by atoms with Crippen LogP contribution in [0.25, 0.3) is 0 Å². The van der Waals surface area contributed by atoms with Crippen LogP contribution in [-0.2, 0) is 14.0 Å². The number of hydrogen-bond donors (Lipinski definition) is 1. The molecule has 0 bridgehead atoms. The smallest absolute Gasteiger partial charge is 0.245 e. The summed E-state index contributed by atoms with van der Waals surface area (Å²) in [7, 11) is -2.03. The Hall–Kier alpha value is -0.683. The van der Waals surface area contributed by atoms with Gasteiger partial charge in [0.1, 0.15) is 12.4 Å². The molecule has 0 saturated carbocycles. The molecule has 0 saturated heterocycles. The van der Waals surface area contributed by atoms with Gasteiger partial charge in [-0.15, -0.1) is 0 Å². The molecule has 0 spiro atoms. The van der Waals surface area contributed by atoms with E-state index < -0.39 is 20.3 Å². The third kappa shape index (κ3) is 4.13. The van der Waals surface area contributed by atoms with Crippen molar-refractivity contribution in [2.24, 2.45) is 5.73 Å². The maximum Gasteiger partial charge on any atom is 0.245 e. The van der Waals surface area contributed by atoms with E-state index in [1.54, 1.807) is 0 Å². The van der Waals surface area contributed by atoms with Gasteiger partial charge < -0.3 is 15.0 Å². The Kier molecular flexibility index (Phi) is 4.67. The Morgan fingerprint density at radius 1 is 1.47 bits per heavy atom. The molecule has 0 aliphatic rings. The molecule has 0 rings (SSSR count). The summed E-state index contributed by atoms with van der Waals surface area (Å²) in [6.07, 6.45) is -0.0619. The third-order valence-corrected chi connectivity index (χ3v) is 7.36. The summed E-state index contributed by atoms with van der Waals surface area (Å²) < 4.78 is 5.74. The average Bonchev–Trinajstić information content (AvgIpc) is 2.00. The second kappa shape index (κ2) is 4.89. The quantitative estimate of drug-likeness (QED) is 0.575. The van der Waals surface area contributed by atoms with E-state index in [1.165, 1.54) is 0 Å². The monoisotopic (exact) mass is 231 g/mol. The summed E-state index contributed by atoms with van der Waals surface area (Å²) in [4.78, 5) is 21.4. The molecular weight excluding hydrogens is 210 g/mol. The molecule has 1 atom stereocenters. The maximum absolute atomic E-state index is 11.1. The third-order valence-electron chi connectivity index (χ3n) is 2.87. The molecule has 0 aliphatic heterocycles. The first-order chi connectivity index (χ1) is 6.62. The van der Waals surface area contributed by atoms with Gasteiger partial charge in [0.05, 0.1) is 0 Å². The van der Waals surface area contributed by atoms with Gasteiger partial charge in [-0.3, -0.25) is 4.79 Å². The Balaban J connectivity index is 4.66. The predicted octanol–water partition coefficient (Wildman–Crippen LogP) is 1.45. The van der Waals surface area contributed by atoms with Crippen LogP contribution in [0.2, 0.25) is 18.1 Å². The molecule has 0 aromatic carbocycles. The zero-order valence-electron chi connectivity index (χ0n) is 10.2. The summed E-state index contributed by atoms with van der Waals surface area (Å²) in [5.74, 6) is -0.563. The van der Waals surface area contributed by atoms with E-state index in [0.717, 1.165) is 0 Å². The fraction of sp³-hybridized carbons (Fsp3) is 0.800. The van der Waals surface area contributed by atoms with Crippen molar-refractivity contribution in [3.8, 4) is 0 Å². The highest BCUT2D eigenvalue weighted by Crippen LogP contribution is 2.37. The number of rotatable bonds is 5. The number of amides is 1. The minimum atomic E-state index is -2.03. The van der Waals surface area contributed by atoms with Gasteiger partial charge in [0.15, 0.2) is 8.32 Å². The van der Waals surface area contributed by atoms with Gasteiger partial charge in [0.2, 0.25) is 5.91 Å². The molecule has 0 fully saturated rings. The zero-order valence-corrected chi connectivity index (χ0v) is 11.2. The summed E-state index contributed by atoms with van der Waals surface area (Å²) in [5.41, 5.74) is 5.17. The zero-order chi connectivity index (χ0) is 12.3. The minimum Gasteiger partial charge on any atom is -0.404 e. The SMILES string of the molecule is CC(C)(C)[Si](C)(C)O[C@@H](CC=O)C(N)=O. The van der Waals surface area contributed by atoms with Gasteiger partial charge in [-0.1, -0.05) is 20.8 Å². The van der Waals surface area contributed by atoms with Crippen molar-refractivity contribution in [3.05, 3.63) is 0 Å². The van der Waals surface area contributed by atoms with Crippen molar-refractivity contribution in [3.63, 3.8) is 0 Å². The van der Waals surface area contributed by atoms with E-state index in [0.29, 0.717) is 6.29 Å². The predicted molar refractivity (Wildman–Crippen MR) is 61.9 cm³/mol. The molecule has 5 heteroatoms. The molecule has 1 amide bonds. The molecule has 4 nitrogen and oxygen atoms in total. The molecule has 0 aromatic heterocycles. The average molecular weight is 231 g/mol. The van der Waals surface area contributed by atoms with E-state index in [9.17, 15) is 9.59 Å². The minimum absolute atomic E-state index is 0.00356. The maximum atomic E-state index is 11.1. The lowest BCUT2D eigenvalue weighted by molar-refractivity contribution is -0.127. The molecule has 88 valence electrons. The normalized spacial score (nSPS) is 14.7. The first-order valence-electron chi connectivity index (χ1n) is 5.02. The Morgan fingerprint density at radius 3 is 2.20 bits per heavy atom. The van der Waals surface area contributed by atoms with Crippen LogP contribution in [0.3, 0.4) is 0 Å². The largest absolute Gasteiger partial charge is 0.404 e. The molecule has 2 N–H and O–H groups in total. The van der Waals surface area contributed by atoms with Gasteiger partial charge in [0.25, 0.3) is 0 Å².